The first-order valence-electron chi connectivity index (χ1n) is 8.48. The number of nitrogens with zero attached hydrogens (tertiary/aromatic N) is 1. The molecule has 1 aliphatic rings. The van der Waals surface area contributed by atoms with Crippen molar-refractivity contribution >= 4 is 5.69 Å². The van der Waals surface area contributed by atoms with Crippen LogP contribution in [0.3, 0.4) is 0 Å². The second-order valence-corrected chi connectivity index (χ2v) is 6.08. The van der Waals surface area contributed by atoms with Crippen LogP contribution in [0.5, 0.6) is 0 Å². The molecule has 21 heavy (non-hydrogen) atoms. The average Bonchev–Trinajstić information content (AvgIpc) is 2.52. The van der Waals surface area contributed by atoms with Gasteiger partial charge in [-0.05, 0) is 50.4 Å². The number of rotatable bonds is 7. The van der Waals surface area contributed by atoms with Crippen LogP contribution in [0.25, 0.3) is 0 Å². The summed E-state index contributed by atoms with van der Waals surface area (Å²) in [6, 6.07) is 7.49. The minimum Gasteiger partial charge on any atom is -0.370 e. The minimum atomic E-state index is -0.149. The summed E-state index contributed by atoms with van der Waals surface area (Å²) in [6.07, 6.45) is 6.77. The van der Waals surface area contributed by atoms with Gasteiger partial charge in [-0.2, -0.15) is 0 Å². The zero-order valence-electron chi connectivity index (χ0n) is 13.4. The fraction of sp³-hybridized carbons (Fsp3) is 0.667. The maximum atomic E-state index is 13.5. The molecule has 3 heteroatoms. The van der Waals surface area contributed by atoms with Crippen LogP contribution >= 0.6 is 0 Å². The molecule has 0 amide bonds. The molecule has 2 nitrogen and oxygen atoms in total. The first-order valence-corrected chi connectivity index (χ1v) is 8.48. The van der Waals surface area contributed by atoms with E-state index in [1.165, 1.54) is 38.2 Å². The van der Waals surface area contributed by atoms with Crippen molar-refractivity contribution in [3.8, 4) is 0 Å². The van der Waals surface area contributed by atoms with E-state index >= 15 is 0 Å². The summed E-state index contributed by atoms with van der Waals surface area (Å²) >= 11 is 0. The normalized spacial score (nSPS) is 17.7. The topological polar surface area (TPSA) is 15.3 Å². The molecule has 0 bridgehead atoms. The van der Waals surface area contributed by atoms with Gasteiger partial charge < -0.3 is 10.2 Å². The third kappa shape index (κ3) is 4.70. The van der Waals surface area contributed by atoms with Crippen LogP contribution in [0.4, 0.5) is 10.1 Å². The molecule has 0 heterocycles. The molecule has 1 fully saturated rings. The highest BCUT2D eigenvalue weighted by atomic mass is 19.1. The van der Waals surface area contributed by atoms with Gasteiger partial charge in [0.15, 0.2) is 0 Å². The van der Waals surface area contributed by atoms with Gasteiger partial charge in [0.2, 0.25) is 0 Å². The Balaban J connectivity index is 2.05. The van der Waals surface area contributed by atoms with Crippen LogP contribution in [0.15, 0.2) is 24.3 Å². The first kappa shape index (κ1) is 16.3. The van der Waals surface area contributed by atoms with Crippen LogP contribution in [0, 0.1) is 11.7 Å². The molecule has 1 N–H and O–H groups in total. The number of hydrogen-bond donors (Lipinski definition) is 1. The van der Waals surface area contributed by atoms with Crippen molar-refractivity contribution in [3.05, 3.63) is 30.1 Å². The quantitative estimate of drug-likeness (QED) is 0.810. The monoisotopic (exact) mass is 292 g/mol. The van der Waals surface area contributed by atoms with Crippen molar-refractivity contribution in [2.45, 2.75) is 52.0 Å². The molecular weight excluding hydrogens is 263 g/mol. The Morgan fingerprint density at radius 3 is 2.62 bits per heavy atom. The Labute approximate surface area is 128 Å². The van der Waals surface area contributed by atoms with Crippen LogP contribution in [-0.2, 0) is 0 Å². The molecule has 2 rings (SSSR count). The van der Waals surface area contributed by atoms with Crippen molar-refractivity contribution in [3.63, 3.8) is 0 Å². The van der Waals surface area contributed by atoms with Gasteiger partial charge in [0.05, 0.1) is 0 Å². The van der Waals surface area contributed by atoms with Gasteiger partial charge in [0, 0.05) is 24.8 Å². The Bertz CT molecular complexity index is 415. The van der Waals surface area contributed by atoms with E-state index in [-0.39, 0.29) is 5.82 Å². The summed E-state index contributed by atoms with van der Waals surface area (Å²) in [7, 11) is 0. The highest BCUT2D eigenvalue weighted by Gasteiger charge is 2.24. The molecular formula is C18H29FN2. The van der Waals surface area contributed by atoms with E-state index in [2.05, 4.69) is 24.1 Å². The van der Waals surface area contributed by atoms with E-state index in [4.69, 9.17) is 0 Å². The van der Waals surface area contributed by atoms with Crippen molar-refractivity contribution in [2.75, 3.05) is 24.5 Å². The van der Waals surface area contributed by atoms with E-state index < -0.39 is 0 Å². The predicted molar refractivity (Wildman–Crippen MR) is 88.3 cm³/mol. The number of nitrogens with one attached hydrogen (secondary N) is 1. The molecule has 0 radical (unpaired) electrons. The molecule has 0 spiro atoms. The van der Waals surface area contributed by atoms with Gasteiger partial charge in [-0.15, -0.1) is 0 Å². The molecule has 1 aromatic carbocycles. The zero-order valence-corrected chi connectivity index (χ0v) is 13.4. The second kappa shape index (κ2) is 8.38. The number of benzene rings is 1. The molecule has 118 valence electrons. The Morgan fingerprint density at radius 1 is 1.24 bits per heavy atom. The molecule has 0 aromatic heterocycles. The zero-order chi connectivity index (χ0) is 15.1. The lowest BCUT2D eigenvalue weighted by Gasteiger charge is -2.35. The van der Waals surface area contributed by atoms with Crippen molar-refractivity contribution in [1.29, 1.82) is 0 Å². The van der Waals surface area contributed by atoms with Gasteiger partial charge in [0.25, 0.3) is 0 Å². The maximum absolute atomic E-state index is 13.5. The van der Waals surface area contributed by atoms with Crippen LogP contribution in [-0.4, -0.2) is 25.7 Å². The number of anilines is 1. The van der Waals surface area contributed by atoms with E-state index in [0.717, 1.165) is 31.2 Å². The van der Waals surface area contributed by atoms with Crippen molar-refractivity contribution in [2.24, 2.45) is 5.92 Å². The highest BCUT2D eigenvalue weighted by Crippen LogP contribution is 2.28. The van der Waals surface area contributed by atoms with E-state index in [1.54, 1.807) is 12.1 Å². The van der Waals surface area contributed by atoms with Gasteiger partial charge in [-0.3, -0.25) is 0 Å². The Morgan fingerprint density at radius 2 is 2.00 bits per heavy atom. The number of likely N-dealkylation sites (N-methyl/N-ethyl adjacent to an activating group) is 2. The lowest BCUT2D eigenvalue weighted by Crippen LogP contribution is -2.46. The Hall–Kier alpha value is -1.09. The molecule has 1 unspecified atom stereocenters. The summed E-state index contributed by atoms with van der Waals surface area (Å²) in [5.74, 6) is 0.616. The summed E-state index contributed by atoms with van der Waals surface area (Å²) in [4.78, 5) is 2.30. The fourth-order valence-corrected chi connectivity index (χ4v) is 3.51. The predicted octanol–water partition coefficient (Wildman–Crippen LogP) is 4.21. The van der Waals surface area contributed by atoms with E-state index in [0.29, 0.717) is 6.04 Å². The summed E-state index contributed by atoms with van der Waals surface area (Å²) < 4.78 is 13.5. The Kier molecular flexibility index (Phi) is 6.50. The van der Waals surface area contributed by atoms with Crippen LogP contribution < -0.4 is 10.2 Å². The molecule has 0 aliphatic heterocycles. The average molecular weight is 292 g/mol. The van der Waals surface area contributed by atoms with Crippen molar-refractivity contribution < 1.29 is 4.39 Å². The molecule has 1 atom stereocenters. The van der Waals surface area contributed by atoms with Gasteiger partial charge in [-0.25, -0.2) is 4.39 Å². The van der Waals surface area contributed by atoms with Crippen LogP contribution in [0.2, 0.25) is 0 Å². The van der Waals surface area contributed by atoms with E-state index in [1.807, 2.05) is 6.07 Å². The van der Waals surface area contributed by atoms with Crippen LogP contribution in [0.1, 0.15) is 46.0 Å². The smallest absolute Gasteiger partial charge is 0.125 e. The van der Waals surface area contributed by atoms with E-state index in [9.17, 15) is 4.39 Å². The third-order valence-corrected chi connectivity index (χ3v) is 4.66. The van der Waals surface area contributed by atoms with Crippen molar-refractivity contribution in [1.82, 2.24) is 5.32 Å². The number of hydrogen-bond acceptors (Lipinski definition) is 2. The SMILES string of the molecule is CCNC(CN(CC)c1cccc(F)c1)C1CCCCC1. The molecule has 0 saturated heterocycles. The number of halogens is 1. The van der Waals surface area contributed by atoms with Gasteiger partial charge >= 0.3 is 0 Å². The lowest BCUT2D eigenvalue weighted by atomic mass is 9.83. The maximum Gasteiger partial charge on any atom is 0.125 e. The highest BCUT2D eigenvalue weighted by molar-refractivity contribution is 5.46. The first-order chi connectivity index (χ1) is 10.2. The largest absolute Gasteiger partial charge is 0.370 e. The molecule has 1 aromatic rings. The van der Waals surface area contributed by atoms with Gasteiger partial charge in [0.1, 0.15) is 5.82 Å². The lowest BCUT2D eigenvalue weighted by molar-refractivity contribution is 0.272. The summed E-state index contributed by atoms with van der Waals surface area (Å²) in [6.45, 7) is 7.21. The minimum absolute atomic E-state index is 0.149. The molecule has 1 aliphatic carbocycles. The molecule has 1 saturated carbocycles. The summed E-state index contributed by atoms with van der Waals surface area (Å²) in [5.41, 5.74) is 0.996. The summed E-state index contributed by atoms with van der Waals surface area (Å²) in [5, 5.41) is 3.67. The standard InChI is InChI=1S/C18H29FN2/c1-3-20-18(15-9-6-5-7-10-15)14-21(4-2)17-12-8-11-16(19)13-17/h8,11-13,15,18,20H,3-7,9-10,14H2,1-2H3. The second-order valence-electron chi connectivity index (χ2n) is 6.08. The van der Waals surface area contributed by atoms with Gasteiger partial charge in [-0.1, -0.05) is 32.3 Å². The fourth-order valence-electron chi connectivity index (χ4n) is 3.51. The third-order valence-electron chi connectivity index (χ3n) is 4.66.